The number of hydrogen-bond acceptors (Lipinski definition) is 3. The van der Waals surface area contributed by atoms with Crippen molar-refractivity contribution in [2.45, 2.75) is 6.54 Å². The Labute approximate surface area is 116 Å². The molecule has 0 fully saturated rings. The lowest BCUT2D eigenvalue weighted by Crippen LogP contribution is -2.00. The Kier molecular flexibility index (Phi) is 4.28. The van der Waals surface area contributed by atoms with Gasteiger partial charge in [-0.25, -0.2) is 4.98 Å². The summed E-state index contributed by atoms with van der Waals surface area (Å²) in [5, 5.41) is 4.36. The van der Waals surface area contributed by atoms with Crippen LogP contribution >= 0.6 is 23.2 Å². The molecule has 0 aliphatic heterocycles. The summed E-state index contributed by atoms with van der Waals surface area (Å²) in [6.07, 6.45) is 1.71. The van der Waals surface area contributed by atoms with E-state index in [2.05, 4.69) is 10.3 Å². The highest BCUT2D eigenvalue weighted by molar-refractivity contribution is 6.42. The second-order valence-corrected chi connectivity index (χ2v) is 4.44. The molecule has 0 atom stereocenters. The highest BCUT2D eigenvalue weighted by Crippen LogP contribution is 2.26. The van der Waals surface area contributed by atoms with Crippen molar-refractivity contribution in [3.63, 3.8) is 0 Å². The zero-order valence-electron chi connectivity index (χ0n) is 9.78. The summed E-state index contributed by atoms with van der Waals surface area (Å²) in [5.41, 5.74) is 1.84. The SMILES string of the molecule is COc1ccc(NCc2cccc(Cl)c2Cl)cn1. The molecule has 18 heavy (non-hydrogen) atoms. The van der Waals surface area contributed by atoms with E-state index in [0.29, 0.717) is 22.5 Å². The van der Waals surface area contributed by atoms with E-state index < -0.39 is 0 Å². The summed E-state index contributed by atoms with van der Waals surface area (Å²) in [6, 6.07) is 9.25. The lowest BCUT2D eigenvalue weighted by molar-refractivity contribution is 0.398. The first-order valence-corrected chi connectivity index (χ1v) is 6.13. The van der Waals surface area contributed by atoms with E-state index in [1.807, 2.05) is 18.2 Å². The van der Waals surface area contributed by atoms with Gasteiger partial charge in [0.15, 0.2) is 0 Å². The summed E-state index contributed by atoms with van der Waals surface area (Å²) in [7, 11) is 1.58. The summed E-state index contributed by atoms with van der Waals surface area (Å²) in [5.74, 6) is 0.585. The molecule has 2 rings (SSSR count). The number of halogens is 2. The van der Waals surface area contributed by atoms with E-state index in [9.17, 15) is 0 Å². The largest absolute Gasteiger partial charge is 0.481 e. The number of anilines is 1. The fourth-order valence-corrected chi connectivity index (χ4v) is 1.87. The predicted octanol–water partition coefficient (Wildman–Crippen LogP) is 4.01. The Morgan fingerprint density at radius 1 is 1.22 bits per heavy atom. The Balaban J connectivity index is 2.04. The standard InChI is InChI=1S/C13H12Cl2N2O/c1-18-12-6-5-10(8-17-12)16-7-9-3-2-4-11(14)13(9)15/h2-6,8,16H,7H2,1H3. The van der Waals surface area contributed by atoms with Crippen LogP contribution in [-0.4, -0.2) is 12.1 Å². The quantitative estimate of drug-likeness (QED) is 0.920. The van der Waals surface area contributed by atoms with E-state index in [0.717, 1.165) is 11.3 Å². The van der Waals surface area contributed by atoms with Crippen LogP contribution in [0.4, 0.5) is 5.69 Å². The van der Waals surface area contributed by atoms with Gasteiger partial charge in [-0.15, -0.1) is 0 Å². The van der Waals surface area contributed by atoms with Gasteiger partial charge >= 0.3 is 0 Å². The molecule has 1 aromatic carbocycles. The number of methoxy groups -OCH3 is 1. The van der Waals surface area contributed by atoms with Crippen molar-refractivity contribution in [1.82, 2.24) is 4.98 Å². The number of rotatable bonds is 4. The van der Waals surface area contributed by atoms with Crippen molar-refractivity contribution in [1.29, 1.82) is 0 Å². The zero-order valence-corrected chi connectivity index (χ0v) is 11.3. The van der Waals surface area contributed by atoms with E-state index >= 15 is 0 Å². The number of ether oxygens (including phenoxy) is 1. The lowest BCUT2D eigenvalue weighted by Gasteiger charge is -2.09. The molecule has 0 unspecified atom stereocenters. The van der Waals surface area contributed by atoms with Gasteiger partial charge in [-0.05, 0) is 17.7 Å². The highest BCUT2D eigenvalue weighted by atomic mass is 35.5. The van der Waals surface area contributed by atoms with Gasteiger partial charge < -0.3 is 10.1 Å². The molecule has 0 bridgehead atoms. The van der Waals surface area contributed by atoms with Crippen molar-refractivity contribution in [3.8, 4) is 5.88 Å². The first-order valence-electron chi connectivity index (χ1n) is 5.37. The van der Waals surface area contributed by atoms with Crippen molar-refractivity contribution in [3.05, 3.63) is 52.1 Å². The third-order valence-electron chi connectivity index (χ3n) is 2.46. The van der Waals surface area contributed by atoms with Gasteiger partial charge in [-0.3, -0.25) is 0 Å². The van der Waals surface area contributed by atoms with E-state index in [-0.39, 0.29) is 0 Å². The number of nitrogens with zero attached hydrogens (tertiary/aromatic N) is 1. The molecule has 94 valence electrons. The summed E-state index contributed by atoms with van der Waals surface area (Å²) < 4.78 is 4.99. The number of hydrogen-bond donors (Lipinski definition) is 1. The van der Waals surface area contributed by atoms with Crippen molar-refractivity contribution >= 4 is 28.9 Å². The molecular weight excluding hydrogens is 271 g/mol. The van der Waals surface area contributed by atoms with Crippen LogP contribution in [0.2, 0.25) is 10.0 Å². The van der Waals surface area contributed by atoms with Crippen LogP contribution in [0.15, 0.2) is 36.5 Å². The highest BCUT2D eigenvalue weighted by Gasteiger charge is 2.04. The van der Waals surface area contributed by atoms with E-state index in [4.69, 9.17) is 27.9 Å². The Hall–Kier alpha value is -1.45. The van der Waals surface area contributed by atoms with Crippen molar-refractivity contribution in [2.24, 2.45) is 0 Å². The smallest absolute Gasteiger partial charge is 0.213 e. The molecule has 0 spiro atoms. The maximum atomic E-state index is 6.10. The zero-order chi connectivity index (χ0) is 13.0. The Morgan fingerprint density at radius 3 is 2.72 bits per heavy atom. The Bertz CT molecular complexity index is 529. The van der Waals surface area contributed by atoms with Gasteiger partial charge in [0.1, 0.15) is 0 Å². The summed E-state index contributed by atoms with van der Waals surface area (Å²) in [4.78, 5) is 4.11. The number of nitrogens with one attached hydrogen (secondary N) is 1. The van der Waals surface area contributed by atoms with Crippen LogP contribution in [-0.2, 0) is 6.54 Å². The number of aromatic nitrogens is 1. The fourth-order valence-electron chi connectivity index (χ4n) is 1.49. The topological polar surface area (TPSA) is 34.1 Å². The molecule has 1 aromatic heterocycles. The van der Waals surface area contributed by atoms with Gasteiger partial charge in [-0.2, -0.15) is 0 Å². The van der Waals surface area contributed by atoms with E-state index in [1.54, 1.807) is 25.4 Å². The molecule has 1 heterocycles. The first kappa shape index (κ1) is 13.0. The number of pyridine rings is 1. The molecule has 2 aromatic rings. The minimum Gasteiger partial charge on any atom is -0.481 e. The van der Waals surface area contributed by atoms with Gasteiger partial charge in [0, 0.05) is 12.6 Å². The molecule has 3 nitrogen and oxygen atoms in total. The van der Waals surface area contributed by atoms with Crippen LogP contribution in [0.5, 0.6) is 5.88 Å². The average molecular weight is 283 g/mol. The van der Waals surface area contributed by atoms with E-state index in [1.165, 1.54) is 0 Å². The predicted molar refractivity (Wildman–Crippen MR) is 74.6 cm³/mol. The van der Waals surface area contributed by atoms with Crippen LogP contribution in [0.1, 0.15) is 5.56 Å². The molecule has 0 saturated heterocycles. The normalized spacial score (nSPS) is 10.2. The molecule has 1 N–H and O–H groups in total. The molecule has 0 aliphatic carbocycles. The van der Waals surface area contributed by atoms with Crippen LogP contribution in [0, 0.1) is 0 Å². The molecule has 0 radical (unpaired) electrons. The second-order valence-electron chi connectivity index (χ2n) is 3.66. The van der Waals surface area contributed by atoms with Crippen LogP contribution in [0.3, 0.4) is 0 Å². The molecular formula is C13H12Cl2N2O. The third kappa shape index (κ3) is 3.06. The van der Waals surface area contributed by atoms with Gasteiger partial charge in [-0.1, -0.05) is 35.3 Å². The molecule has 5 heteroatoms. The maximum absolute atomic E-state index is 6.10. The number of benzene rings is 1. The second kappa shape index (κ2) is 5.94. The lowest BCUT2D eigenvalue weighted by atomic mass is 10.2. The van der Waals surface area contributed by atoms with Gasteiger partial charge in [0.05, 0.1) is 29.0 Å². The monoisotopic (exact) mass is 282 g/mol. The molecule has 0 aliphatic rings. The van der Waals surface area contributed by atoms with Crippen LogP contribution < -0.4 is 10.1 Å². The van der Waals surface area contributed by atoms with Crippen LogP contribution in [0.25, 0.3) is 0 Å². The Morgan fingerprint density at radius 2 is 2.06 bits per heavy atom. The van der Waals surface area contributed by atoms with Gasteiger partial charge in [0.2, 0.25) is 5.88 Å². The van der Waals surface area contributed by atoms with Crippen molar-refractivity contribution < 1.29 is 4.74 Å². The molecule has 0 amide bonds. The first-order chi connectivity index (χ1) is 8.70. The minimum atomic E-state index is 0.559. The minimum absolute atomic E-state index is 0.559. The van der Waals surface area contributed by atoms with Crippen molar-refractivity contribution in [2.75, 3.05) is 12.4 Å². The third-order valence-corrected chi connectivity index (χ3v) is 3.32. The molecule has 0 saturated carbocycles. The summed E-state index contributed by atoms with van der Waals surface area (Å²) in [6.45, 7) is 0.591. The average Bonchev–Trinajstić information content (AvgIpc) is 2.41. The fraction of sp³-hybridized carbons (Fsp3) is 0.154. The maximum Gasteiger partial charge on any atom is 0.213 e. The van der Waals surface area contributed by atoms with Gasteiger partial charge in [0.25, 0.3) is 0 Å². The summed E-state index contributed by atoms with van der Waals surface area (Å²) >= 11 is 12.0.